The van der Waals surface area contributed by atoms with Crippen LogP contribution in [-0.4, -0.2) is 31.1 Å². The summed E-state index contributed by atoms with van der Waals surface area (Å²) in [5.74, 6) is 1.38. The maximum absolute atomic E-state index is 13.2. The van der Waals surface area contributed by atoms with E-state index in [2.05, 4.69) is 14.9 Å². The lowest BCUT2D eigenvalue weighted by Gasteiger charge is -2.29. The van der Waals surface area contributed by atoms with Crippen LogP contribution in [0.1, 0.15) is 53.6 Å². The van der Waals surface area contributed by atoms with Crippen molar-refractivity contribution in [1.82, 2.24) is 10.1 Å². The number of aromatic nitrogens is 2. The molecule has 0 unspecified atom stereocenters. The molecular formula is C24H26N4O5S. The van der Waals surface area contributed by atoms with Crippen molar-refractivity contribution < 1.29 is 22.5 Å². The van der Waals surface area contributed by atoms with E-state index in [0.29, 0.717) is 40.3 Å². The molecule has 1 fully saturated rings. The first-order chi connectivity index (χ1) is 16.2. The summed E-state index contributed by atoms with van der Waals surface area (Å²) < 4.78 is 40.1. The van der Waals surface area contributed by atoms with Gasteiger partial charge >= 0.3 is 0 Å². The van der Waals surface area contributed by atoms with E-state index in [0.717, 1.165) is 30.4 Å². The molecule has 1 N–H and O–H groups in total. The van der Waals surface area contributed by atoms with Crippen molar-refractivity contribution >= 4 is 27.3 Å². The lowest BCUT2D eigenvalue weighted by atomic mass is 9.85. The van der Waals surface area contributed by atoms with Gasteiger partial charge in [0.25, 0.3) is 15.9 Å². The second kappa shape index (κ2) is 8.43. The first-order valence-corrected chi connectivity index (χ1v) is 12.7. The van der Waals surface area contributed by atoms with Crippen molar-refractivity contribution in [2.75, 3.05) is 16.2 Å². The van der Waals surface area contributed by atoms with Crippen molar-refractivity contribution in [2.45, 2.75) is 57.4 Å². The van der Waals surface area contributed by atoms with E-state index < -0.39 is 10.0 Å². The summed E-state index contributed by atoms with van der Waals surface area (Å²) in [7, 11) is -3.88. The molecule has 2 aromatic carbocycles. The lowest BCUT2D eigenvalue weighted by Crippen LogP contribution is -2.38. The zero-order valence-corrected chi connectivity index (χ0v) is 20.1. The minimum absolute atomic E-state index is 0.0910. The maximum atomic E-state index is 13.2. The summed E-state index contributed by atoms with van der Waals surface area (Å²) in [6, 6.07) is 8.58. The number of nitrogens with zero attached hydrogens (tertiary/aromatic N) is 3. The molecule has 0 saturated heterocycles. The Hall–Kier alpha value is -3.40. The quantitative estimate of drug-likeness (QED) is 0.565. The number of nitrogens with one attached hydrogen (secondary N) is 1. The highest BCUT2D eigenvalue weighted by atomic mass is 32.2. The third-order valence-electron chi connectivity index (χ3n) is 6.58. The van der Waals surface area contributed by atoms with Gasteiger partial charge in [0, 0.05) is 12.0 Å². The minimum atomic E-state index is -3.88. The Morgan fingerprint density at radius 1 is 1.15 bits per heavy atom. The predicted molar refractivity (Wildman–Crippen MR) is 125 cm³/mol. The second-order valence-electron chi connectivity index (χ2n) is 8.88. The number of ether oxygens (including phenoxy) is 1. The lowest BCUT2D eigenvalue weighted by molar-refractivity contribution is -0.121. The Labute approximate surface area is 198 Å². The van der Waals surface area contributed by atoms with Gasteiger partial charge in [0.15, 0.2) is 12.4 Å². The van der Waals surface area contributed by atoms with Gasteiger partial charge in [0.2, 0.25) is 5.89 Å². The number of sulfonamides is 1. The molecule has 1 aliphatic heterocycles. The van der Waals surface area contributed by atoms with Crippen LogP contribution in [0.25, 0.3) is 0 Å². The van der Waals surface area contributed by atoms with Gasteiger partial charge in [-0.25, -0.2) is 8.42 Å². The average Bonchev–Trinajstić information content (AvgIpc) is 3.19. The zero-order valence-electron chi connectivity index (χ0n) is 19.3. The molecule has 0 bridgehead atoms. The third kappa shape index (κ3) is 4.02. The molecule has 9 nitrogen and oxygen atoms in total. The molecule has 1 aliphatic carbocycles. The Kier molecular flexibility index (Phi) is 5.55. The van der Waals surface area contributed by atoms with Gasteiger partial charge in [-0.2, -0.15) is 4.98 Å². The Morgan fingerprint density at radius 2 is 1.94 bits per heavy atom. The summed E-state index contributed by atoms with van der Waals surface area (Å²) in [5, 5.41) is 4.04. The molecule has 1 aromatic heterocycles. The summed E-state index contributed by atoms with van der Waals surface area (Å²) in [5.41, 5.74) is 3.34. The van der Waals surface area contributed by atoms with E-state index in [1.54, 1.807) is 25.1 Å². The van der Waals surface area contributed by atoms with Crippen LogP contribution in [0.3, 0.4) is 0 Å². The first-order valence-electron chi connectivity index (χ1n) is 11.2. The van der Waals surface area contributed by atoms with Crippen molar-refractivity contribution in [3.63, 3.8) is 0 Å². The van der Waals surface area contributed by atoms with E-state index in [-0.39, 0.29) is 24.0 Å². The predicted octanol–water partition coefficient (Wildman–Crippen LogP) is 3.99. The molecule has 0 atom stereocenters. The number of rotatable bonds is 6. The maximum Gasteiger partial charge on any atom is 0.265 e. The number of carbonyl (C=O) groups excluding carboxylic acids is 1. The zero-order chi connectivity index (χ0) is 24.0. The fraction of sp³-hybridized carbons (Fsp3) is 0.375. The molecule has 3 aromatic rings. The van der Waals surface area contributed by atoms with Crippen molar-refractivity contribution in [1.29, 1.82) is 0 Å². The highest BCUT2D eigenvalue weighted by molar-refractivity contribution is 7.92. The van der Waals surface area contributed by atoms with E-state index >= 15 is 0 Å². The monoisotopic (exact) mass is 482 g/mol. The van der Waals surface area contributed by atoms with Gasteiger partial charge in [-0.3, -0.25) is 14.4 Å². The fourth-order valence-corrected chi connectivity index (χ4v) is 5.52. The average molecular weight is 483 g/mol. The molecular weight excluding hydrogens is 456 g/mol. The van der Waals surface area contributed by atoms with Gasteiger partial charge < -0.3 is 9.26 Å². The SMILES string of the molecule is Cc1cc2c(cc1S(=O)(=O)Nc1cccc(C)c1C)OCC(=O)N2Cc1noc(C2CCC2)n1. The van der Waals surface area contributed by atoms with Crippen LogP contribution >= 0.6 is 0 Å². The van der Waals surface area contributed by atoms with Crippen LogP contribution in [0, 0.1) is 20.8 Å². The Balaban J connectivity index is 1.44. The number of carbonyl (C=O) groups is 1. The van der Waals surface area contributed by atoms with E-state index in [1.165, 1.54) is 11.0 Å². The minimum Gasteiger partial charge on any atom is -0.482 e. The number of hydrogen-bond donors (Lipinski definition) is 1. The Bertz CT molecular complexity index is 1380. The molecule has 5 rings (SSSR count). The van der Waals surface area contributed by atoms with Crippen molar-refractivity contribution in [3.05, 3.63) is 58.7 Å². The summed E-state index contributed by atoms with van der Waals surface area (Å²) >= 11 is 0. The smallest absolute Gasteiger partial charge is 0.265 e. The van der Waals surface area contributed by atoms with Crippen LogP contribution < -0.4 is 14.4 Å². The largest absolute Gasteiger partial charge is 0.482 e. The number of hydrogen-bond acceptors (Lipinski definition) is 7. The number of anilines is 2. The molecule has 1 saturated carbocycles. The van der Waals surface area contributed by atoms with E-state index in [1.807, 2.05) is 19.9 Å². The summed E-state index contributed by atoms with van der Waals surface area (Å²) in [6.07, 6.45) is 3.22. The van der Waals surface area contributed by atoms with Crippen molar-refractivity contribution in [3.8, 4) is 5.75 Å². The molecule has 0 spiro atoms. The number of benzene rings is 2. The Morgan fingerprint density at radius 3 is 2.68 bits per heavy atom. The van der Waals surface area contributed by atoms with Crippen LogP contribution in [-0.2, 0) is 21.4 Å². The van der Waals surface area contributed by atoms with E-state index in [9.17, 15) is 13.2 Å². The first kappa shape index (κ1) is 22.4. The highest BCUT2D eigenvalue weighted by Gasteiger charge is 2.31. The second-order valence-corrected chi connectivity index (χ2v) is 10.5. The van der Waals surface area contributed by atoms with Gasteiger partial charge in [-0.15, -0.1) is 0 Å². The van der Waals surface area contributed by atoms with Gasteiger partial charge in [-0.1, -0.05) is 23.7 Å². The topological polar surface area (TPSA) is 115 Å². The van der Waals surface area contributed by atoms with Crippen LogP contribution in [0.5, 0.6) is 5.75 Å². The normalized spacial score (nSPS) is 16.1. The fourth-order valence-electron chi connectivity index (χ4n) is 4.15. The number of amides is 1. The number of fused-ring (bicyclic) bond motifs is 1. The molecule has 2 heterocycles. The van der Waals surface area contributed by atoms with Crippen LogP contribution in [0.15, 0.2) is 39.8 Å². The third-order valence-corrected chi connectivity index (χ3v) is 8.08. The molecule has 178 valence electrons. The van der Waals surface area contributed by atoms with Crippen LogP contribution in [0.4, 0.5) is 11.4 Å². The van der Waals surface area contributed by atoms with Crippen LogP contribution in [0.2, 0.25) is 0 Å². The van der Waals surface area contributed by atoms with Crippen molar-refractivity contribution in [2.24, 2.45) is 0 Å². The molecule has 1 amide bonds. The van der Waals surface area contributed by atoms with E-state index in [4.69, 9.17) is 9.26 Å². The van der Waals surface area contributed by atoms with Gasteiger partial charge in [0.1, 0.15) is 5.75 Å². The number of aryl methyl sites for hydroxylation is 2. The summed E-state index contributed by atoms with van der Waals surface area (Å²) in [4.78, 5) is 18.7. The molecule has 10 heteroatoms. The standard InChI is InChI=1S/C24H26N4O5S/c1-14-6-4-9-18(16(14)3)27-34(30,31)21-11-20-19(10-15(21)2)28(23(29)13-32-20)12-22-25-24(33-26-22)17-7-5-8-17/h4,6,9-11,17,27H,5,7-8,12-13H2,1-3H3. The molecule has 2 aliphatic rings. The summed E-state index contributed by atoms with van der Waals surface area (Å²) in [6.45, 7) is 5.41. The molecule has 34 heavy (non-hydrogen) atoms. The van der Waals surface area contributed by atoms with Gasteiger partial charge in [0.05, 0.1) is 22.8 Å². The highest BCUT2D eigenvalue weighted by Crippen LogP contribution is 2.38. The van der Waals surface area contributed by atoms with Gasteiger partial charge in [-0.05, 0) is 62.4 Å². The molecule has 0 radical (unpaired) electrons.